The van der Waals surface area contributed by atoms with Crippen molar-refractivity contribution in [2.45, 2.75) is 25.0 Å². The second-order valence-electron chi connectivity index (χ2n) is 12.2. The summed E-state index contributed by atoms with van der Waals surface area (Å²) in [7, 11) is 0. The van der Waals surface area contributed by atoms with Gasteiger partial charge < -0.3 is 33.3 Å². The lowest BCUT2D eigenvalue weighted by Crippen LogP contribution is -2.60. The highest BCUT2D eigenvalue weighted by Crippen LogP contribution is 2.54. The number of fused-ring (bicyclic) bond motifs is 3. The molecule has 0 bridgehead atoms. The van der Waals surface area contributed by atoms with E-state index in [1.807, 2.05) is 48.6 Å². The minimum atomic E-state index is -0.819. The Bertz CT molecular complexity index is 1530. The molecule has 1 unspecified atom stereocenters. The van der Waals surface area contributed by atoms with E-state index in [1.165, 1.54) is 11.6 Å². The molecule has 47 heavy (non-hydrogen) atoms. The molecule has 6 rings (SSSR count). The van der Waals surface area contributed by atoms with E-state index in [1.54, 1.807) is 12.1 Å². The van der Waals surface area contributed by atoms with Crippen LogP contribution in [0.15, 0.2) is 72.8 Å². The molecular weight excluding hydrogens is 602 g/mol. The second-order valence-corrected chi connectivity index (χ2v) is 12.2. The maximum atomic E-state index is 11.4. The minimum absolute atomic E-state index is 0.0398. The number of non-ortho nitro benzene ring substituents is 1. The van der Waals surface area contributed by atoms with Gasteiger partial charge in [-0.3, -0.25) is 15.0 Å². The summed E-state index contributed by atoms with van der Waals surface area (Å²) in [5.74, 6) is 2.03. The Morgan fingerprint density at radius 2 is 1.47 bits per heavy atom. The molecule has 0 N–H and O–H groups in total. The number of nitro benzene ring substituents is 1. The topological polar surface area (TPSA) is 105 Å². The van der Waals surface area contributed by atoms with Crippen molar-refractivity contribution < 1.29 is 33.3 Å². The van der Waals surface area contributed by atoms with Gasteiger partial charge in [0.25, 0.3) is 5.69 Å². The van der Waals surface area contributed by atoms with Gasteiger partial charge in [0.15, 0.2) is 11.5 Å². The number of hydrogen-bond acceptors (Lipinski definition) is 10. The number of ether oxygens (including phenoxy) is 6. The molecule has 0 aromatic heterocycles. The molecule has 250 valence electrons. The lowest BCUT2D eigenvalue weighted by molar-refractivity contribution is -0.384. The van der Waals surface area contributed by atoms with E-state index < -0.39 is 11.1 Å². The molecule has 11 heteroatoms. The largest absolute Gasteiger partial charge is 0.487 e. The zero-order chi connectivity index (χ0) is 32.7. The van der Waals surface area contributed by atoms with Crippen LogP contribution in [0.5, 0.6) is 17.2 Å². The van der Waals surface area contributed by atoms with Crippen molar-refractivity contribution in [2.75, 3.05) is 83.9 Å². The fraction of sp³-hybridized carbons (Fsp3) is 0.444. The van der Waals surface area contributed by atoms with Gasteiger partial charge in [0, 0.05) is 49.6 Å². The van der Waals surface area contributed by atoms with Crippen molar-refractivity contribution in [3.05, 3.63) is 94.0 Å². The van der Waals surface area contributed by atoms with Gasteiger partial charge in [0.2, 0.25) is 5.72 Å². The third-order valence-corrected chi connectivity index (χ3v) is 9.06. The van der Waals surface area contributed by atoms with Crippen LogP contribution < -0.4 is 19.1 Å². The Kier molecular flexibility index (Phi) is 10.3. The van der Waals surface area contributed by atoms with Gasteiger partial charge in [-0.1, -0.05) is 30.3 Å². The summed E-state index contributed by atoms with van der Waals surface area (Å²) in [5.41, 5.74) is 1.77. The molecule has 0 saturated heterocycles. The molecule has 1 spiro atoms. The van der Waals surface area contributed by atoms with Crippen LogP contribution in [0.3, 0.4) is 0 Å². The first kappa shape index (κ1) is 32.8. The predicted molar refractivity (Wildman–Crippen MR) is 179 cm³/mol. The van der Waals surface area contributed by atoms with Crippen molar-refractivity contribution in [2.24, 2.45) is 0 Å². The first-order valence-corrected chi connectivity index (χ1v) is 16.2. The number of para-hydroxylation sites is 3. The number of nitro groups is 1. The van der Waals surface area contributed by atoms with Crippen LogP contribution in [0.2, 0.25) is 0 Å². The summed E-state index contributed by atoms with van der Waals surface area (Å²) in [6.45, 7) is 11.3. The van der Waals surface area contributed by atoms with E-state index in [0.29, 0.717) is 82.2 Å². The Balaban J connectivity index is 1.05. The lowest BCUT2D eigenvalue weighted by atomic mass is 9.76. The molecule has 0 aliphatic carbocycles. The molecule has 0 saturated carbocycles. The van der Waals surface area contributed by atoms with Crippen molar-refractivity contribution in [1.29, 1.82) is 0 Å². The predicted octanol–water partition coefficient (Wildman–Crippen LogP) is 5.32. The first-order valence-electron chi connectivity index (χ1n) is 16.2. The van der Waals surface area contributed by atoms with Crippen molar-refractivity contribution >= 4 is 17.5 Å². The molecule has 3 aromatic rings. The van der Waals surface area contributed by atoms with Crippen LogP contribution in [0.25, 0.3) is 6.08 Å². The maximum absolute atomic E-state index is 11.4. The smallest absolute Gasteiger partial charge is 0.270 e. The second kappa shape index (κ2) is 14.7. The average molecular weight is 646 g/mol. The average Bonchev–Trinajstić information content (AvgIpc) is 3.24. The first-order chi connectivity index (χ1) is 22.9. The highest BCUT2D eigenvalue weighted by Gasteiger charge is 2.58. The Hall–Kier alpha value is -4.16. The van der Waals surface area contributed by atoms with E-state index >= 15 is 0 Å². The van der Waals surface area contributed by atoms with E-state index in [4.69, 9.17) is 28.4 Å². The maximum Gasteiger partial charge on any atom is 0.270 e. The van der Waals surface area contributed by atoms with Crippen LogP contribution in [-0.4, -0.2) is 94.6 Å². The summed E-state index contributed by atoms with van der Waals surface area (Å²) < 4.78 is 36.5. The van der Waals surface area contributed by atoms with Crippen LogP contribution in [-0.2, 0) is 19.6 Å². The molecule has 1 atom stereocenters. The molecule has 0 amide bonds. The molecular formula is C36H43N3O8. The van der Waals surface area contributed by atoms with Gasteiger partial charge in [-0.15, -0.1) is 0 Å². The van der Waals surface area contributed by atoms with Gasteiger partial charge in [-0.2, -0.15) is 0 Å². The van der Waals surface area contributed by atoms with Gasteiger partial charge in [-0.25, -0.2) is 0 Å². The van der Waals surface area contributed by atoms with Crippen LogP contribution in [0, 0.1) is 10.1 Å². The van der Waals surface area contributed by atoms with Crippen molar-refractivity contribution in [1.82, 2.24) is 4.90 Å². The zero-order valence-corrected chi connectivity index (χ0v) is 27.1. The van der Waals surface area contributed by atoms with Crippen LogP contribution in [0.1, 0.15) is 25.0 Å². The number of anilines is 1. The number of hydrogen-bond donors (Lipinski definition) is 0. The Morgan fingerprint density at radius 3 is 2.17 bits per heavy atom. The summed E-state index contributed by atoms with van der Waals surface area (Å²) >= 11 is 0. The molecule has 3 aromatic carbocycles. The standard InChI is InChI=1S/C36H43N3O8/c1-35(2)30-7-3-4-8-31(30)38(36(35)14-13-28-27-29(39(40)41)11-12-32(28)47-36)18-22-42-19-15-37-16-20-43-23-25-45-33-9-5-6-10-34(33)46-26-24-44-21-17-37/h3-14,27H,15-26H2,1-2H3. The van der Waals surface area contributed by atoms with Crippen LogP contribution >= 0.6 is 0 Å². The molecule has 3 heterocycles. The highest BCUT2D eigenvalue weighted by atomic mass is 16.6. The fourth-order valence-electron chi connectivity index (χ4n) is 6.48. The Morgan fingerprint density at radius 1 is 0.809 bits per heavy atom. The molecule has 0 fully saturated rings. The van der Waals surface area contributed by atoms with E-state index in [9.17, 15) is 10.1 Å². The SMILES string of the molecule is CC1(C)c2ccccc2N(CCOCCN2CCOCCOc3ccccc3OCCOCC2)C12C=Cc1cc([N+](=O)[O-])ccc1O2. The van der Waals surface area contributed by atoms with E-state index in [2.05, 4.69) is 35.8 Å². The van der Waals surface area contributed by atoms with Crippen molar-refractivity contribution in [3.63, 3.8) is 0 Å². The number of benzene rings is 3. The molecule has 3 aliphatic heterocycles. The monoisotopic (exact) mass is 645 g/mol. The van der Waals surface area contributed by atoms with E-state index in [-0.39, 0.29) is 10.6 Å². The van der Waals surface area contributed by atoms with Gasteiger partial charge in [0.1, 0.15) is 19.0 Å². The van der Waals surface area contributed by atoms with E-state index in [0.717, 1.165) is 25.3 Å². The normalized spacial score (nSPS) is 21.3. The summed E-state index contributed by atoms with van der Waals surface area (Å²) in [5, 5.41) is 11.4. The third kappa shape index (κ3) is 7.08. The minimum Gasteiger partial charge on any atom is -0.487 e. The molecule has 3 aliphatic rings. The molecule has 0 radical (unpaired) electrons. The summed E-state index contributed by atoms with van der Waals surface area (Å²) in [4.78, 5) is 15.5. The number of rotatable bonds is 7. The molecule has 11 nitrogen and oxygen atoms in total. The van der Waals surface area contributed by atoms with Crippen molar-refractivity contribution in [3.8, 4) is 17.2 Å². The fourth-order valence-corrected chi connectivity index (χ4v) is 6.48. The van der Waals surface area contributed by atoms with Gasteiger partial charge in [0.05, 0.1) is 50.0 Å². The number of nitrogens with zero attached hydrogens (tertiary/aromatic N) is 3. The highest BCUT2D eigenvalue weighted by molar-refractivity contribution is 5.73. The summed E-state index contributed by atoms with van der Waals surface area (Å²) in [6, 6.07) is 20.7. The zero-order valence-electron chi connectivity index (χ0n) is 27.1. The van der Waals surface area contributed by atoms with Gasteiger partial charge in [-0.05, 0) is 55.8 Å². The quantitative estimate of drug-likeness (QED) is 0.191. The third-order valence-electron chi connectivity index (χ3n) is 9.06. The van der Waals surface area contributed by atoms with Gasteiger partial charge >= 0.3 is 0 Å². The lowest BCUT2D eigenvalue weighted by Gasteiger charge is -2.47. The van der Waals surface area contributed by atoms with Crippen LogP contribution in [0.4, 0.5) is 11.4 Å². The Labute approximate surface area is 275 Å². The summed E-state index contributed by atoms with van der Waals surface area (Å²) in [6.07, 6.45) is 3.98.